The van der Waals surface area contributed by atoms with E-state index in [2.05, 4.69) is 10.4 Å². The van der Waals surface area contributed by atoms with E-state index in [1.54, 1.807) is 0 Å². The average molecular weight is 375 g/mol. The van der Waals surface area contributed by atoms with Crippen molar-refractivity contribution in [2.24, 2.45) is 7.05 Å². The van der Waals surface area contributed by atoms with Crippen LogP contribution < -0.4 is 10.1 Å². The number of halogens is 3. The number of alkyl halides is 3. The third-order valence-corrected chi connectivity index (χ3v) is 4.17. The van der Waals surface area contributed by atoms with Gasteiger partial charge in [0.2, 0.25) is 0 Å². The number of aryl methyl sites for hydroxylation is 2. The number of hydrogen-bond donors (Lipinski definition) is 1. The Bertz CT molecular complexity index is 919. The fraction of sp³-hybridized carbons (Fsp3) is 0.250. The largest absolute Gasteiger partial charge is 0.457 e. The molecule has 0 aliphatic rings. The molecule has 0 saturated carbocycles. The summed E-state index contributed by atoms with van der Waals surface area (Å²) in [4.78, 5) is 0. The first kappa shape index (κ1) is 19.0. The molecule has 0 radical (unpaired) electrons. The molecule has 0 unspecified atom stereocenters. The Labute approximate surface area is 155 Å². The van der Waals surface area contributed by atoms with Crippen LogP contribution in [0, 0.1) is 6.92 Å². The Kier molecular flexibility index (Phi) is 5.51. The molecule has 3 rings (SSSR count). The normalized spacial score (nSPS) is 11.6. The van der Waals surface area contributed by atoms with E-state index in [0.29, 0.717) is 18.0 Å². The maximum Gasteiger partial charge on any atom is 0.435 e. The van der Waals surface area contributed by atoms with E-state index in [1.165, 1.54) is 11.7 Å². The molecule has 1 heterocycles. The van der Waals surface area contributed by atoms with Crippen LogP contribution in [0.1, 0.15) is 22.5 Å². The van der Waals surface area contributed by atoms with Crippen molar-refractivity contribution in [3.63, 3.8) is 0 Å². The topological polar surface area (TPSA) is 39.1 Å². The van der Waals surface area contributed by atoms with E-state index in [1.807, 2.05) is 55.5 Å². The fourth-order valence-corrected chi connectivity index (χ4v) is 2.67. The highest BCUT2D eigenvalue weighted by Gasteiger charge is 2.34. The minimum atomic E-state index is -4.44. The second kappa shape index (κ2) is 7.84. The van der Waals surface area contributed by atoms with E-state index >= 15 is 0 Å². The van der Waals surface area contributed by atoms with Crippen molar-refractivity contribution in [2.75, 3.05) is 0 Å². The van der Waals surface area contributed by atoms with Gasteiger partial charge in [-0.2, -0.15) is 18.3 Å². The number of nitrogens with zero attached hydrogens (tertiary/aromatic N) is 2. The van der Waals surface area contributed by atoms with Gasteiger partial charge >= 0.3 is 6.18 Å². The molecule has 0 aliphatic carbocycles. The van der Waals surface area contributed by atoms with Crippen LogP contribution in [0.15, 0.2) is 54.6 Å². The summed E-state index contributed by atoms with van der Waals surface area (Å²) in [5, 5.41) is 6.67. The van der Waals surface area contributed by atoms with Crippen molar-refractivity contribution in [3.8, 4) is 11.5 Å². The summed E-state index contributed by atoms with van der Waals surface area (Å²) < 4.78 is 45.5. The molecule has 0 amide bonds. The first-order chi connectivity index (χ1) is 12.8. The van der Waals surface area contributed by atoms with E-state index in [0.717, 1.165) is 22.9 Å². The second-order valence-corrected chi connectivity index (χ2v) is 6.22. The van der Waals surface area contributed by atoms with Gasteiger partial charge in [0, 0.05) is 25.7 Å². The van der Waals surface area contributed by atoms with Crippen LogP contribution in [-0.2, 0) is 26.3 Å². The van der Waals surface area contributed by atoms with Crippen molar-refractivity contribution in [2.45, 2.75) is 26.2 Å². The zero-order valence-electron chi connectivity index (χ0n) is 15.0. The monoisotopic (exact) mass is 375 g/mol. The molecule has 1 N–H and O–H groups in total. The molecular formula is C20H20F3N3O. The molecule has 0 bridgehead atoms. The second-order valence-electron chi connectivity index (χ2n) is 6.22. The summed E-state index contributed by atoms with van der Waals surface area (Å²) in [5.74, 6) is 1.48. The lowest BCUT2D eigenvalue weighted by Crippen LogP contribution is -2.15. The Balaban J connectivity index is 1.67. The maximum absolute atomic E-state index is 12.7. The van der Waals surface area contributed by atoms with Crippen LogP contribution in [0.25, 0.3) is 0 Å². The van der Waals surface area contributed by atoms with E-state index in [9.17, 15) is 13.2 Å². The molecule has 0 aliphatic heterocycles. The molecule has 1 aromatic heterocycles. The van der Waals surface area contributed by atoms with E-state index in [4.69, 9.17) is 4.74 Å². The van der Waals surface area contributed by atoms with Crippen LogP contribution >= 0.6 is 0 Å². The molecule has 2 aromatic carbocycles. The summed E-state index contributed by atoms with van der Waals surface area (Å²) in [6.45, 7) is 2.68. The van der Waals surface area contributed by atoms with Gasteiger partial charge in [0.25, 0.3) is 0 Å². The van der Waals surface area contributed by atoms with Gasteiger partial charge in [0.1, 0.15) is 11.5 Å². The Morgan fingerprint density at radius 2 is 1.67 bits per heavy atom. The first-order valence-electron chi connectivity index (χ1n) is 8.47. The van der Waals surface area contributed by atoms with Crippen molar-refractivity contribution >= 4 is 0 Å². The standard InChI is InChI=1S/C20H20F3N3O/c1-14-7-3-5-9-17(14)27-18-10-6-4-8-15(18)12-24-13-16-11-19(20(21,22)23)25-26(16)2/h3-11,24H,12-13H2,1-2H3. The van der Waals surface area contributed by atoms with Crippen LogP contribution in [-0.4, -0.2) is 9.78 Å². The molecule has 27 heavy (non-hydrogen) atoms. The fourth-order valence-electron chi connectivity index (χ4n) is 2.67. The highest BCUT2D eigenvalue weighted by Crippen LogP contribution is 2.29. The number of para-hydroxylation sites is 2. The van der Waals surface area contributed by atoms with Crippen LogP contribution in [0.4, 0.5) is 13.2 Å². The number of hydrogen-bond acceptors (Lipinski definition) is 3. The van der Waals surface area contributed by atoms with Crippen molar-refractivity contribution < 1.29 is 17.9 Å². The zero-order chi connectivity index (χ0) is 19.4. The molecule has 0 spiro atoms. The van der Waals surface area contributed by atoms with Gasteiger partial charge in [0.15, 0.2) is 5.69 Å². The highest BCUT2D eigenvalue weighted by molar-refractivity contribution is 5.40. The number of nitrogens with one attached hydrogen (secondary N) is 1. The van der Waals surface area contributed by atoms with Gasteiger partial charge in [-0.05, 0) is 30.7 Å². The molecule has 0 fully saturated rings. The minimum Gasteiger partial charge on any atom is -0.457 e. The van der Waals surface area contributed by atoms with E-state index in [-0.39, 0.29) is 6.54 Å². The van der Waals surface area contributed by atoms with Crippen LogP contribution in [0.3, 0.4) is 0 Å². The lowest BCUT2D eigenvalue weighted by atomic mass is 10.2. The number of rotatable bonds is 6. The third-order valence-electron chi connectivity index (χ3n) is 4.17. The van der Waals surface area contributed by atoms with Crippen molar-refractivity contribution in [1.29, 1.82) is 0 Å². The van der Waals surface area contributed by atoms with Gasteiger partial charge < -0.3 is 10.1 Å². The molecule has 0 atom stereocenters. The van der Waals surface area contributed by atoms with Crippen molar-refractivity contribution in [1.82, 2.24) is 15.1 Å². The summed E-state index contributed by atoms with van der Waals surface area (Å²) >= 11 is 0. The molecule has 3 aromatic rings. The van der Waals surface area contributed by atoms with Gasteiger partial charge in [-0.15, -0.1) is 0 Å². The van der Waals surface area contributed by atoms with Gasteiger partial charge in [-0.25, -0.2) is 0 Å². The SMILES string of the molecule is Cc1ccccc1Oc1ccccc1CNCc1cc(C(F)(F)F)nn1C. The molecule has 7 heteroatoms. The lowest BCUT2D eigenvalue weighted by molar-refractivity contribution is -0.141. The summed E-state index contributed by atoms with van der Waals surface area (Å²) in [5.41, 5.74) is 1.51. The molecular weight excluding hydrogens is 355 g/mol. The third kappa shape index (κ3) is 4.68. The van der Waals surface area contributed by atoms with Crippen LogP contribution in [0.5, 0.6) is 11.5 Å². The quantitative estimate of drug-likeness (QED) is 0.671. The smallest absolute Gasteiger partial charge is 0.435 e. The predicted molar refractivity (Wildman–Crippen MR) is 96.4 cm³/mol. The summed E-state index contributed by atoms with van der Waals surface area (Å²) in [6.07, 6.45) is -4.44. The van der Waals surface area contributed by atoms with Gasteiger partial charge in [0.05, 0.1) is 5.69 Å². The molecule has 0 saturated heterocycles. The van der Waals surface area contributed by atoms with Gasteiger partial charge in [-0.3, -0.25) is 4.68 Å². The number of benzene rings is 2. The lowest BCUT2D eigenvalue weighted by Gasteiger charge is -2.13. The maximum atomic E-state index is 12.7. The Morgan fingerprint density at radius 1 is 1.00 bits per heavy atom. The van der Waals surface area contributed by atoms with E-state index < -0.39 is 11.9 Å². The molecule has 142 valence electrons. The van der Waals surface area contributed by atoms with Crippen molar-refractivity contribution in [3.05, 3.63) is 77.1 Å². The van der Waals surface area contributed by atoms with Crippen LogP contribution in [0.2, 0.25) is 0 Å². The summed E-state index contributed by atoms with van der Waals surface area (Å²) in [6, 6.07) is 16.3. The summed E-state index contributed by atoms with van der Waals surface area (Å²) in [7, 11) is 1.50. The Hall–Kier alpha value is -2.80. The Morgan fingerprint density at radius 3 is 2.33 bits per heavy atom. The zero-order valence-corrected chi connectivity index (χ0v) is 15.0. The number of ether oxygens (including phenoxy) is 1. The molecule has 4 nitrogen and oxygen atoms in total. The minimum absolute atomic E-state index is 0.262. The first-order valence-corrected chi connectivity index (χ1v) is 8.47. The highest BCUT2D eigenvalue weighted by atomic mass is 19.4. The predicted octanol–water partition coefficient (Wildman–Crippen LogP) is 4.83. The number of aromatic nitrogens is 2. The average Bonchev–Trinajstić information content (AvgIpc) is 3.00. The van der Waals surface area contributed by atoms with Gasteiger partial charge in [-0.1, -0.05) is 36.4 Å².